The van der Waals surface area contributed by atoms with Gasteiger partial charge in [0.15, 0.2) is 35.1 Å². The van der Waals surface area contributed by atoms with Gasteiger partial charge in [-0.15, -0.1) is 0 Å². The van der Waals surface area contributed by atoms with Gasteiger partial charge in [0.25, 0.3) is 5.56 Å². The summed E-state index contributed by atoms with van der Waals surface area (Å²) in [5.74, 6) is 0.421. The monoisotopic (exact) mass is 428 g/mol. The van der Waals surface area contributed by atoms with Gasteiger partial charge in [0, 0.05) is 0 Å². The van der Waals surface area contributed by atoms with Crippen molar-refractivity contribution in [2.45, 2.75) is 24.5 Å². The summed E-state index contributed by atoms with van der Waals surface area (Å²) in [5.41, 5.74) is 5.25. The summed E-state index contributed by atoms with van der Waals surface area (Å²) in [5, 5.41) is 10.9. The lowest BCUT2D eigenvalue weighted by molar-refractivity contribution is -0.0594. The summed E-state index contributed by atoms with van der Waals surface area (Å²) < 4.78 is 23.3. The van der Waals surface area contributed by atoms with E-state index in [0.29, 0.717) is 5.76 Å². The number of nitrogens with one attached hydrogen (secondary N) is 1. The number of thiol groups is 1. The van der Waals surface area contributed by atoms with Crippen LogP contribution in [0.25, 0.3) is 22.7 Å². The highest BCUT2D eigenvalue weighted by molar-refractivity contribution is 8.47. The van der Waals surface area contributed by atoms with Crippen LogP contribution >= 0.6 is 19.4 Å². The molecule has 0 amide bonds. The van der Waals surface area contributed by atoms with Gasteiger partial charge in [-0.3, -0.25) is 14.3 Å². The van der Waals surface area contributed by atoms with Crippen LogP contribution in [0.1, 0.15) is 6.23 Å². The molecule has 0 radical (unpaired) electrons. The summed E-state index contributed by atoms with van der Waals surface area (Å²) in [4.78, 5) is 33.1. The van der Waals surface area contributed by atoms with Gasteiger partial charge in [-0.2, -0.15) is 18.9 Å². The zero-order valence-electron chi connectivity index (χ0n) is 14.0. The number of fused-ring (bicyclic) bond motifs is 2. The van der Waals surface area contributed by atoms with Crippen LogP contribution in [0.4, 0.5) is 5.95 Å². The largest absolute Gasteiger partial charge is 0.476 e. The molecule has 3 aromatic heterocycles. The molecule has 2 fully saturated rings. The summed E-state index contributed by atoms with van der Waals surface area (Å²) in [7, 11) is -3.35. The van der Waals surface area contributed by atoms with E-state index in [1.807, 2.05) is 0 Å². The quantitative estimate of drug-likeness (QED) is 0.281. The van der Waals surface area contributed by atoms with Crippen molar-refractivity contribution in [1.29, 1.82) is 0 Å². The molecule has 0 spiro atoms. The van der Waals surface area contributed by atoms with Crippen LogP contribution in [0.15, 0.2) is 27.6 Å². The molecule has 0 bridgehead atoms. The molecule has 2 aliphatic rings. The first-order valence-electron chi connectivity index (χ1n) is 8.17. The average molecular weight is 428 g/mol. The van der Waals surface area contributed by atoms with Gasteiger partial charge >= 0.3 is 7.15 Å². The number of rotatable bonds is 2. The topological polar surface area (TPSA) is 171 Å². The Bertz CT molecular complexity index is 1100. The van der Waals surface area contributed by atoms with Crippen molar-refractivity contribution < 1.29 is 28.2 Å². The van der Waals surface area contributed by atoms with Crippen LogP contribution in [0.3, 0.4) is 0 Å². The lowest BCUT2D eigenvalue weighted by atomic mass is 10.1. The molecule has 148 valence electrons. The number of imidazole rings is 1. The number of aromatic nitrogens is 4. The van der Waals surface area contributed by atoms with E-state index in [-0.39, 0.29) is 29.5 Å². The molecule has 5 atom stereocenters. The highest BCUT2D eigenvalue weighted by Crippen LogP contribution is 2.66. The lowest BCUT2D eigenvalue weighted by Gasteiger charge is -2.25. The Labute approximate surface area is 162 Å². The van der Waals surface area contributed by atoms with E-state index in [1.54, 1.807) is 12.1 Å². The van der Waals surface area contributed by atoms with Crippen LogP contribution in [-0.2, 0) is 13.8 Å². The number of nitrogen functional groups attached to an aromatic ring is 1. The fourth-order valence-electron chi connectivity index (χ4n) is 3.38. The first-order valence-corrected chi connectivity index (χ1v) is 10.9. The Balaban J connectivity index is 1.68. The van der Waals surface area contributed by atoms with Gasteiger partial charge in [0.05, 0.1) is 18.5 Å². The smallest absolute Gasteiger partial charge is 0.461 e. The zero-order chi connectivity index (χ0) is 19.6. The van der Waals surface area contributed by atoms with Crippen LogP contribution in [-0.4, -0.2) is 54.4 Å². The Morgan fingerprint density at radius 2 is 2.25 bits per heavy atom. The molecule has 14 heteroatoms. The predicted octanol–water partition coefficient (Wildman–Crippen LogP) is 0.235. The normalized spacial score (nSPS) is 32.7. The highest BCUT2D eigenvalue weighted by Gasteiger charge is 2.58. The molecule has 2 aliphatic heterocycles. The molecule has 28 heavy (non-hydrogen) atoms. The third kappa shape index (κ3) is 2.75. The molecule has 0 aromatic carbocycles. The van der Waals surface area contributed by atoms with Crippen molar-refractivity contribution in [1.82, 2.24) is 19.5 Å². The van der Waals surface area contributed by atoms with Crippen molar-refractivity contribution >= 4 is 36.5 Å². The van der Waals surface area contributed by atoms with Crippen molar-refractivity contribution in [3.63, 3.8) is 0 Å². The number of nitrogens with zero attached hydrogens (tertiary/aromatic N) is 3. The molecule has 5 N–H and O–H groups in total. The molecule has 5 rings (SSSR count). The van der Waals surface area contributed by atoms with E-state index in [2.05, 4.69) is 27.2 Å². The summed E-state index contributed by atoms with van der Waals surface area (Å²) in [6.45, 7) is -0.0229. The van der Waals surface area contributed by atoms with Crippen molar-refractivity contribution in [2.75, 3.05) is 12.3 Å². The minimum absolute atomic E-state index is 0.00152. The maximum atomic E-state index is 12.3. The third-order valence-electron chi connectivity index (χ3n) is 4.54. The van der Waals surface area contributed by atoms with Crippen molar-refractivity contribution in [3.05, 3.63) is 28.7 Å². The van der Waals surface area contributed by atoms with Gasteiger partial charge in [-0.05, 0) is 12.1 Å². The number of aliphatic hydroxyl groups excluding tert-OH is 1. The predicted molar refractivity (Wildman–Crippen MR) is 99.1 cm³/mol. The molecule has 5 heterocycles. The molecular weight excluding hydrogens is 413 g/mol. The minimum Gasteiger partial charge on any atom is -0.461 e. The summed E-state index contributed by atoms with van der Waals surface area (Å²) in [6.07, 6.45) is -2.41. The number of aromatic amines is 1. The minimum atomic E-state index is -3.35. The molecule has 3 unspecified atom stereocenters. The van der Waals surface area contributed by atoms with Crippen molar-refractivity contribution in [3.8, 4) is 11.6 Å². The standard InChI is InChI=1S/C14H14N5O7PS/c15-14-17-11-7(12(21)18-14)16-10(5-2-1-3-23-5)19(11)13-8(20)9-6(25-13)4-24-27(22,28)26-9/h1-3,6,8-9,13,20,22,28H,4H2,(H2-,15,17,18,21)/p+1/t6?,8?,9-,13-,27?/m1/s1. The van der Waals surface area contributed by atoms with Crippen LogP contribution < -0.4 is 11.3 Å². The fourth-order valence-corrected chi connectivity index (χ4v) is 4.88. The van der Waals surface area contributed by atoms with Crippen LogP contribution in [0.5, 0.6) is 0 Å². The molecule has 3 aromatic rings. The first kappa shape index (κ1) is 18.1. The van der Waals surface area contributed by atoms with E-state index >= 15 is 0 Å². The van der Waals surface area contributed by atoms with Crippen LogP contribution in [0, 0.1) is 0 Å². The van der Waals surface area contributed by atoms with E-state index in [1.165, 1.54) is 10.8 Å². The Morgan fingerprint density at radius 3 is 3.00 bits per heavy atom. The molecule has 0 saturated carbocycles. The van der Waals surface area contributed by atoms with Crippen LogP contribution in [0.2, 0.25) is 0 Å². The fraction of sp³-hybridized carbons (Fsp3) is 0.357. The number of aliphatic hydroxyl groups is 1. The number of furan rings is 1. The van der Waals surface area contributed by atoms with E-state index in [9.17, 15) is 14.8 Å². The molecule has 2 saturated heterocycles. The average Bonchev–Trinajstić information content (AvgIpc) is 3.33. The van der Waals surface area contributed by atoms with Gasteiger partial charge < -0.3 is 20.0 Å². The highest BCUT2D eigenvalue weighted by atomic mass is 32.7. The Hall–Kier alpha value is -1.99. The number of hydrogen-bond donors (Lipinski definition) is 5. The molecule has 12 nitrogen and oxygen atoms in total. The maximum absolute atomic E-state index is 12.3. The van der Waals surface area contributed by atoms with E-state index in [0.717, 1.165) is 0 Å². The number of hydrogen-bond acceptors (Lipinski definition) is 11. The summed E-state index contributed by atoms with van der Waals surface area (Å²) >= 11 is 3.95. The zero-order valence-corrected chi connectivity index (χ0v) is 15.8. The second-order valence-corrected chi connectivity index (χ2v) is 9.28. The maximum Gasteiger partial charge on any atom is 0.476 e. The number of nitrogens with two attached hydrogens (primary N) is 1. The second-order valence-electron chi connectivity index (χ2n) is 6.32. The summed E-state index contributed by atoms with van der Waals surface area (Å²) in [6, 6.07) is 3.29. The van der Waals surface area contributed by atoms with E-state index < -0.39 is 37.2 Å². The van der Waals surface area contributed by atoms with Crippen molar-refractivity contribution in [2.24, 2.45) is 0 Å². The van der Waals surface area contributed by atoms with Gasteiger partial charge in [-0.25, -0.2) is 4.98 Å². The molecular formula is C14H15N5O7PS+. The number of anilines is 1. The second kappa shape index (κ2) is 6.26. The Morgan fingerprint density at radius 1 is 1.43 bits per heavy atom. The SMILES string of the molecule is Nc1nc2c(nc(-c3ccco3)n2[C@@H]2OC3CO[P+](O)(S)O[C@H]3C2O)c(=O)[nH]1. The van der Waals surface area contributed by atoms with Gasteiger partial charge in [-0.1, -0.05) is 0 Å². The van der Waals surface area contributed by atoms with E-state index in [4.69, 9.17) is 23.9 Å². The van der Waals surface area contributed by atoms with Gasteiger partial charge in [0.2, 0.25) is 5.95 Å². The third-order valence-corrected chi connectivity index (χ3v) is 6.17. The first-order chi connectivity index (χ1) is 13.3. The number of ether oxygens (including phenoxy) is 1. The molecule has 0 aliphatic carbocycles. The number of H-pyrrole nitrogens is 1. The Kier molecular flexibility index (Phi) is 4.04. The lowest BCUT2D eigenvalue weighted by Crippen LogP contribution is -2.39. The van der Waals surface area contributed by atoms with Gasteiger partial charge in [0.1, 0.15) is 18.8 Å².